The number of hydrogen-bond acceptors (Lipinski definition) is 5. The van der Waals surface area contributed by atoms with Gasteiger partial charge in [-0.05, 0) is 36.6 Å². The fraction of sp³-hybridized carbons (Fsp3) is 0.400. The van der Waals surface area contributed by atoms with Gasteiger partial charge < -0.3 is 30.3 Å². The third-order valence-electron chi connectivity index (χ3n) is 6.26. The van der Waals surface area contributed by atoms with Crippen molar-refractivity contribution >= 4 is 23.5 Å². The molecule has 4 rings (SSSR count). The summed E-state index contributed by atoms with van der Waals surface area (Å²) in [4.78, 5) is 39.1. The molecule has 0 aliphatic carbocycles. The van der Waals surface area contributed by atoms with Crippen LogP contribution in [0.2, 0.25) is 0 Å². The van der Waals surface area contributed by atoms with Gasteiger partial charge in [-0.2, -0.15) is 0 Å². The van der Waals surface area contributed by atoms with Crippen molar-refractivity contribution in [2.24, 2.45) is 0 Å². The highest BCUT2D eigenvalue weighted by molar-refractivity contribution is 5.99. The van der Waals surface area contributed by atoms with Crippen LogP contribution < -0.4 is 20.7 Å². The van der Waals surface area contributed by atoms with Gasteiger partial charge in [-0.15, -0.1) is 0 Å². The van der Waals surface area contributed by atoms with E-state index in [9.17, 15) is 14.4 Å². The van der Waals surface area contributed by atoms with Crippen LogP contribution in [0.15, 0.2) is 48.5 Å². The second kappa shape index (κ2) is 10.6. The summed E-state index contributed by atoms with van der Waals surface area (Å²) in [6.07, 6.45) is 1.16. The van der Waals surface area contributed by atoms with Crippen LogP contribution in [0.25, 0.3) is 0 Å². The molecule has 2 aromatic rings. The summed E-state index contributed by atoms with van der Waals surface area (Å²) < 4.78 is 12.1. The molecular weight excluding hydrogens is 436 g/mol. The molecule has 0 unspecified atom stereocenters. The molecule has 4 amide bonds. The predicted octanol–water partition coefficient (Wildman–Crippen LogP) is 2.52. The van der Waals surface area contributed by atoms with Crippen molar-refractivity contribution < 1.29 is 23.9 Å². The van der Waals surface area contributed by atoms with E-state index in [4.69, 9.17) is 9.47 Å². The van der Waals surface area contributed by atoms with Crippen molar-refractivity contribution in [3.63, 3.8) is 0 Å². The second-order valence-electron chi connectivity index (χ2n) is 8.55. The number of likely N-dealkylation sites (N-methyl/N-ethyl adjacent to an activating group) is 1. The fourth-order valence-corrected chi connectivity index (χ4v) is 4.37. The van der Waals surface area contributed by atoms with E-state index in [1.54, 1.807) is 37.2 Å². The Labute approximate surface area is 198 Å². The maximum Gasteiger partial charge on any atom is 0.319 e. The molecule has 9 heteroatoms. The van der Waals surface area contributed by atoms with E-state index in [1.165, 1.54) is 0 Å². The molecule has 0 aromatic heterocycles. The first kappa shape index (κ1) is 23.6. The zero-order valence-electron chi connectivity index (χ0n) is 19.4. The molecule has 180 valence electrons. The van der Waals surface area contributed by atoms with Crippen molar-refractivity contribution in [1.82, 2.24) is 15.5 Å². The molecule has 1 fully saturated rings. The molecule has 9 nitrogen and oxygen atoms in total. The SMILES string of the molecule is CNC(=O)C[C@@H]1CC[C@H]2[C@@H](COc3ccc(NC(=O)NCc4ccccc4)cc3C(=O)N2C)O1. The zero-order valence-corrected chi connectivity index (χ0v) is 19.4. The first-order valence-electron chi connectivity index (χ1n) is 11.4. The monoisotopic (exact) mass is 466 g/mol. The van der Waals surface area contributed by atoms with Crippen LogP contribution in [0.5, 0.6) is 5.75 Å². The molecule has 1 saturated heterocycles. The fourth-order valence-electron chi connectivity index (χ4n) is 4.37. The van der Waals surface area contributed by atoms with Crippen molar-refractivity contribution in [3.8, 4) is 5.75 Å². The minimum Gasteiger partial charge on any atom is -0.490 e. The van der Waals surface area contributed by atoms with Gasteiger partial charge in [0, 0.05) is 26.3 Å². The lowest BCUT2D eigenvalue weighted by molar-refractivity contribution is -0.133. The Bertz CT molecular complexity index is 1040. The van der Waals surface area contributed by atoms with Gasteiger partial charge in [0.15, 0.2) is 0 Å². The van der Waals surface area contributed by atoms with Gasteiger partial charge in [0.25, 0.3) is 5.91 Å². The molecule has 3 atom stereocenters. The van der Waals surface area contributed by atoms with Crippen LogP contribution in [0.4, 0.5) is 10.5 Å². The van der Waals surface area contributed by atoms with Crippen LogP contribution in [0.3, 0.4) is 0 Å². The van der Waals surface area contributed by atoms with E-state index in [2.05, 4.69) is 16.0 Å². The maximum atomic E-state index is 13.3. The Morgan fingerprint density at radius 2 is 1.91 bits per heavy atom. The summed E-state index contributed by atoms with van der Waals surface area (Å²) >= 11 is 0. The normalized spacial score (nSPS) is 21.8. The Balaban J connectivity index is 1.43. The first-order valence-corrected chi connectivity index (χ1v) is 11.4. The smallest absolute Gasteiger partial charge is 0.319 e. The van der Waals surface area contributed by atoms with Crippen molar-refractivity contribution in [1.29, 1.82) is 0 Å². The Morgan fingerprint density at radius 1 is 1.12 bits per heavy atom. The number of urea groups is 1. The number of fused-ring (bicyclic) bond motifs is 2. The van der Waals surface area contributed by atoms with Gasteiger partial charge in [0.2, 0.25) is 5.91 Å². The van der Waals surface area contributed by atoms with Gasteiger partial charge in [-0.1, -0.05) is 30.3 Å². The number of hydrogen-bond donors (Lipinski definition) is 3. The van der Waals surface area contributed by atoms with Gasteiger partial charge in [-0.25, -0.2) is 4.79 Å². The van der Waals surface area contributed by atoms with Gasteiger partial charge in [0.1, 0.15) is 18.5 Å². The lowest BCUT2D eigenvalue weighted by atomic mass is 9.94. The molecule has 2 aliphatic rings. The predicted molar refractivity (Wildman–Crippen MR) is 127 cm³/mol. The highest BCUT2D eigenvalue weighted by Crippen LogP contribution is 2.32. The number of rotatable bonds is 5. The lowest BCUT2D eigenvalue weighted by Gasteiger charge is -2.42. The third kappa shape index (κ3) is 5.48. The van der Waals surface area contributed by atoms with E-state index in [1.807, 2.05) is 30.3 Å². The number of ether oxygens (including phenoxy) is 2. The topological polar surface area (TPSA) is 109 Å². The summed E-state index contributed by atoms with van der Waals surface area (Å²) in [6, 6.07) is 14.1. The van der Waals surface area contributed by atoms with E-state index in [-0.39, 0.29) is 49.1 Å². The van der Waals surface area contributed by atoms with E-state index < -0.39 is 0 Å². The Kier molecular flexibility index (Phi) is 7.32. The van der Waals surface area contributed by atoms with Crippen molar-refractivity contribution in [2.75, 3.05) is 26.0 Å². The van der Waals surface area contributed by atoms with Crippen LogP contribution in [0.1, 0.15) is 35.2 Å². The molecule has 0 spiro atoms. The molecule has 2 aromatic carbocycles. The highest BCUT2D eigenvalue weighted by atomic mass is 16.5. The molecule has 2 aliphatic heterocycles. The third-order valence-corrected chi connectivity index (χ3v) is 6.26. The maximum absolute atomic E-state index is 13.3. The van der Waals surface area contributed by atoms with Crippen LogP contribution >= 0.6 is 0 Å². The van der Waals surface area contributed by atoms with Gasteiger partial charge in [-0.3, -0.25) is 9.59 Å². The number of carbonyl (C=O) groups excluding carboxylic acids is 3. The van der Waals surface area contributed by atoms with Crippen molar-refractivity contribution in [2.45, 2.75) is 44.1 Å². The molecule has 3 N–H and O–H groups in total. The minimum atomic E-state index is -0.362. The number of carbonyl (C=O) groups is 3. The van der Waals surface area contributed by atoms with Crippen LogP contribution in [-0.4, -0.2) is 61.7 Å². The lowest BCUT2D eigenvalue weighted by Crippen LogP contribution is -2.53. The molecule has 0 saturated carbocycles. The molecule has 34 heavy (non-hydrogen) atoms. The Morgan fingerprint density at radius 3 is 2.68 bits per heavy atom. The molecule has 0 bridgehead atoms. The summed E-state index contributed by atoms with van der Waals surface area (Å²) in [5.74, 6) is 0.159. The Hall–Kier alpha value is -3.59. The minimum absolute atomic E-state index is 0.0715. The van der Waals surface area contributed by atoms with E-state index in [0.717, 1.165) is 5.56 Å². The standard InChI is InChI=1S/C25H30N4O5/c1-26-23(30)13-18-9-10-20-22(34-18)15-33-21-11-8-17(12-19(21)24(31)29(20)2)28-25(32)27-14-16-6-4-3-5-7-16/h3-8,11-12,18,20,22H,9-10,13-15H2,1-2H3,(H,26,30)(H2,27,28,32)/t18-,20-,22+/m0/s1. The van der Waals surface area contributed by atoms with Crippen LogP contribution in [0, 0.1) is 0 Å². The first-order chi connectivity index (χ1) is 16.4. The summed E-state index contributed by atoms with van der Waals surface area (Å²) in [5.41, 5.74) is 1.87. The van der Waals surface area contributed by atoms with Crippen LogP contribution in [-0.2, 0) is 16.1 Å². The van der Waals surface area contributed by atoms with Crippen molar-refractivity contribution in [3.05, 3.63) is 59.7 Å². The highest BCUT2D eigenvalue weighted by Gasteiger charge is 2.39. The zero-order chi connectivity index (χ0) is 24.1. The van der Waals surface area contributed by atoms with Gasteiger partial charge in [0.05, 0.1) is 24.1 Å². The quantitative estimate of drug-likeness (QED) is 0.628. The second-order valence-corrected chi connectivity index (χ2v) is 8.55. The number of nitrogens with one attached hydrogen (secondary N) is 3. The molecule has 2 heterocycles. The van der Waals surface area contributed by atoms with Gasteiger partial charge >= 0.3 is 6.03 Å². The largest absolute Gasteiger partial charge is 0.490 e. The average Bonchev–Trinajstić information content (AvgIpc) is 2.86. The number of amides is 4. The summed E-state index contributed by atoms with van der Waals surface area (Å²) in [6.45, 7) is 0.663. The molecule has 0 radical (unpaired) electrons. The summed E-state index contributed by atoms with van der Waals surface area (Å²) in [5, 5.41) is 8.21. The summed E-state index contributed by atoms with van der Waals surface area (Å²) in [7, 11) is 3.36. The number of benzene rings is 2. The van der Waals surface area contributed by atoms with E-state index >= 15 is 0 Å². The molecular formula is C25H30N4O5. The average molecular weight is 467 g/mol. The van der Waals surface area contributed by atoms with E-state index in [0.29, 0.717) is 36.4 Å². The number of anilines is 1. The number of nitrogens with zero attached hydrogens (tertiary/aromatic N) is 1.